The van der Waals surface area contributed by atoms with Gasteiger partial charge in [-0.1, -0.05) is 30.3 Å². The third kappa shape index (κ3) is 4.56. The molecule has 4 nitrogen and oxygen atoms in total. The molecule has 1 aliphatic carbocycles. The van der Waals surface area contributed by atoms with E-state index in [4.69, 9.17) is 10.5 Å². The first kappa shape index (κ1) is 15.4. The molecule has 1 unspecified atom stereocenters. The molecule has 1 aliphatic rings. The van der Waals surface area contributed by atoms with Crippen molar-refractivity contribution < 1.29 is 9.84 Å². The number of rotatable bonds is 9. The van der Waals surface area contributed by atoms with Crippen LogP contribution in [-0.2, 0) is 10.3 Å². The second-order valence-electron chi connectivity index (χ2n) is 5.86. The Labute approximate surface area is 121 Å². The zero-order valence-corrected chi connectivity index (χ0v) is 12.3. The number of hydrogen-bond donors (Lipinski definition) is 2. The molecule has 0 spiro atoms. The van der Waals surface area contributed by atoms with Crippen molar-refractivity contribution in [1.82, 2.24) is 4.90 Å². The Morgan fingerprint density at radius 1 is 1.35 bits per heavy atom. The zero-order valence-electron chi connectivity index (χ0n) is 12.3. The SMILES string of the molecule is CN(CCOCC1CC1)CC(O)(CN)c1ccccc1. The molecule has 1 aromatic carbocycles. The topological polar surface area (TPSA) is 58.7 Å². The first-order valence-corrected chi connectivity index (χ1v) is 7.38. The monoisotopic (exact) mass is 278 g/mol. The fourth-order valence-electron chi connectivity index (χ4n) is 2.30. The summed E-state index contributed by atoms with van der Waals surface area (Å²) < 4.78 is 5.63. The predicted octanol–water partition coefficient (Wildman–Crippen LogP) is 1.19. The van der Waals surface area contributed by atoms with Crippen molar-refractivity contribution in [1.29, 1.82) is 0 Å². The number of benzene rings is 1. The van der Waals surface area contributed by atoms with Crippen molar-refractivity contribution in [3.63, 3.8) is 0 Å². The Bertz CT molecular complexity index is 395. The van der Waals surface area contributed by atoms with Gasteiger partial charge in [-0.15, -0.1) is 0 Å². The maximum atomic E-state index is 10.7. The van der Waals surface area contributed by atoms with Gasteiger partial charge in [-0.2, -0.15) is 0 Å². The van der Waals surface area contributed by atoms with Crippen LogP contribution in [0.3, 0.4) is 0 Å². The van der Waals surface area contributed by atoms with Crippen LogP contribution in [0.15, 0.2) is 30.3 Å². The molecule has 1 fully saturated rings. The summed E-state index contributed by atoms with van der Waals surface area (Å²) in [6.45, 7) is 3.13. The summed E-state index contributed by atoms with van der Waals surface area (Å²) in [5.74, 6) is 0.797. The summed E-state index contributed by atoms with van der Waals surface area (Å²) in [6.07, 6.45) is 2.63. The van der Waals surface area contributed by atoms with E-state index in [-0.39, 0.29) is 6.54 Å². The van der Waals surface area contributed by atoms with Crippen LogP contribution in [0.5, 0.6) is 0 Å². The molecule has 0 amide bonds. The molecule has 2 rings (SSSR count). The molecule has 20 heavy (non-hydrogen) atoms. The average molecular weight is 278 g/mol. The molecule has 1 atom stereocenters. The minimum Gasteiger partial charge on any atom is -0.382 e. The largest absolute Gasteiger partial charge is 0.382 e. The second-order valence-corrected chi connectivity index (χ2v) is 5.86. The number of aliphatic hydroxyl groups is 1. The summed E-state index contributed by atoms with van der Waals surface area (Å²) in [6, 6.07) is 9.63. The summed E-state index contributed by atoms with van der Waals surface area (Å²) in [7, 11) is 1.99. The third-order valence-corrected chi connectivity index (χ3v) is 3.85. The molecular formula is C16H26N2O2. The van der Waals surface area contributed by atoms with Gasteiger partial charge in [0.25, 0.3) is 0 Å². The van der Waals surface area contributed by atoms with Crippen LogP contribution in [0.25, 0.3) is 0 Å². The first-order chi connectivity index (χ1) is 9.64. The van der Waals surface area contributed by atoms with Crippen molar-refractivity contribution in [2.24, 2.45) is 11.7 Å². The van der Waals surface area contributed by atoms with Crippen LogP contribution < -0.4 is 5.73 Å². The van der Waals surface area contributed by atoms with Crippen molar-refractivity contribution in [2.75, 3.05) is 39.9 Å². The van der Waals surface area contributed by atoms with Gasteiger partial charge in [0.2, 0.25) is 0 Å². The molecule has 4 heteroatoms. The highest BCUT2D eigenvalue weighted by Crippen LogP contribution is 2.28. The van der Waals surface area contributed by atoms with Crippen LogP contribution in [0.4, 0.5) is 0 Å². The molecule has 0 bridgehead atoms. The van der Waals surface area contributed by atoms with Crippen LogP contribution in [0.2, 0.25) is 0 Å². The van der Waals surface area contributed by atoms with Gasteiger partial charge < -0.3 is 20.5 Å². The number of ether oxygens (including phenoxy) is 1. The van der Waals surface area contributed by atoms with Crippen LogP contribution in [0.1, 0.15) is 18.4 Å². The molecule has 0 radical (unpaired) electrons. The van der Waals surface area contributed by atoms with Crippen molar-refractivity contribution in [2.45, 2.75) is 18.4 Å². The lowest BCUT2D eigenvalue weighted by atomic mass is 9.93. The van der Waals surface area contributed by atoms with E-state index in [0.717, 1.165) is 24.6 Å². The van der Waals surface area contributed by atoms with Gasteiger partial charge in [0.1, 0.15) is 5.60 Å². The quantitative estimate of drug-likeness (QED) is 0.666. The normalized spacial score (nSPS) is 18.2. The highest BCUT2D eigenvalue weighted by atomic mass is 16.5. The van der Waals surface area contributed by atoms with Crippen molar-refractivity contribution in [3.8, 4) is 0 Å². The number of likely N-dealkylation sites (N-methyl/N-ethyl adjacent to an activating group) is 1. The van der Waals surface area contributed by atoms with Crippen LogP contribution >= 0.6 is 0 Å². The van der Waals surface area contributed by atoms with Gasteiger partial charge in [0.15, 0.2) is 0 Å². The van der Waals surface area contributed by atoms with E-state index >= 15 is 0 Å². The smallest absolute Gasteiger partial charge is 0.114 e. The number of nitrogens with two attached hydrogens (primary N) is 1. The van der Waals surface area contributed by atoms with Crippen molar-refractivity contribution >= 4 is 0 Å². The second kappa shape index (κ2) is 7.18. The van der Waals surface area contributed by atoms with E-state index in [1.807, 2.05) is 37.4 Å². The summed E-state index contributed by atoms with van der Waals surface area (Å²) in [5, 5.41) is 10.7. The Morgan fingerprint density at radius 3 is 2.65 bits per heavy atom. The van der Waals surface area contributed by atoms with Gasteiger partial charge in [0.05, 0.1) is 6.61 Å². The van der Waals surface area contributed by atoms with E-state index < -0.39 is 5.60 Å². The maximum absolute atomic E-state index is 10.7. The van der Waals surface area contributed by atoms with Crippen LogP contribution in [-0.4, -0.2) is 49.9 Å². The molecule has 0 saturated heterocycles. The Morgan fingerprint density at radius 2 is 2.05 bits per heavy atom. The average Bonchev–Trinajstić information content (AvgIpc) is 3.28. The predicted molar refractivity (Wildman–Crippen MR) is 80.4 cm³/mol. The number of hydrogen-bond acceptors (Lipinski definition) is 4. The number of nitrogens with zero attached hydrogens (tertiary/aromatic N) is 1. The lowest BCUT2D eigenvalue weighted by Crippen LogP contribution is -2.45. The molecule has 112 valence electrons. The van der Waals surface area contributed by atoms with Gasteiger partial charge in [-0.05, 0) is 31.4 Å². The Hall–Kier alpha value is -0.940. The molecule has 0 aliphatic heterocycles. The van der Waals surface area contributed by atoms with E-state index in [2.05, 4.69) is 4.90 Å². The Kier molecular flexibility index (Phi) is 5.54. The van der Waals surface area contributed by atoms with Crippen LogP contribution in [0, 0.1) is 5.92 Å². The summed E-state index contributed by atoms with van der Waals surface area (Å²) in [5.41, 5.74) is 5.66. The van der Waals surface area contributed by atoms with Gasteiger partial charge in [-0.3, -0.25) is 0 Å². The summed E-state index contributed by atoms with van der Waals surface area (Å²) in [4.78, 5) is 2.08. The molecule has 0 aromatic heterocycles. The van der Waals surface area contributed by atoms with E-state index in [1.54, 1.807) is 0 Å². The zero-order chi connectivity index (χ0) is 14.4. The molecule has 1 aromatic rings. The van der Waals surface area contributed by atoms with E-state index in [0.29, 0.717) is 13.2 Å². The molecule has 3 N–H and O–H groups in total. The molecule has 0 heterocycles. The summed E-state index contributed by atoms with van der Waals surface area (Å²) >= 11 is 0. The van der Waals surface area contributed by atoms with Crippen molar-refractivity contribution in [3.05, 3.63) is 35.9 Å². The highest BCUT2D eigenvalue weighted by molar-refractivity contribution is 5.23. The minimum absolute atomic E-state index is 0.213. The lowest BCUT2D eigenvalue weighted by molar-refractivity contribution is 0.00534. The standard InChI is InChI=1S/C16H26N2O2/c1-18(9-10-20-11-14-7-8-14)13-16(19,12-17)15-5-3-2-4-6-15/h2-6,14,19H,7-13,17H2,1H3. The lowest BCUT2D eigenvalue weighted by Gasteiger charge is -2.31. The van der Waals surface area contributed by atoms with E-state index in [1.165, 1.54) is 12.8 Å². The molecular weight excluding hydrogens is 252 g/mol. The van der Waals surface area contributed by atoms with Gasteiger partial charge in [0, 0.05) is 26.2 Å². The minimum atomic E-state index is -0.994. The molecule has 1 saturated carbocycles. The van der Waals surface area contributed by atoms with E-state index in [9.17, 15) is 5.11 Å². The van der Waals surface area contributed by atoms with Gasteiger partial charge in [-0.25, -0.2) is 0 Å². The third-order valence-electron chi connectivity index (χ3n) is 3.85. The fraction of sp³-hybridized carbons (Fsp3) is 0.625. The van der Waals surface area contributed by atoms with Gasteiger partial charge >= 0.3 is 0 Å². The highest BCUT2D eigenvalue weighted by Gasteiger charge is 2.29. The maximum Gasteiger partial charge on any atom is 0.114 e. The first-order valence-electron chi connectivity index (χ1n) is 7.38. The fourth-order valence-corrected chi connectivity index (χ4v) is 2.30. The Balaban J connectivity index is 1.78.